The van der Waals surface area contributed by atoms with Gasteiger partial charge in [0.05, 0.1) is 34.5 Å². The third-order valence-electron chi connectivity index (χ3n) is 7.86. The fourth-order valence-corrected chi connectivity index (χ4v) is 5.63. The molecule has 2 N–H and O–H groups in total. The molecule has 9 heteroatoms. The van der Waals surface area contributed by atoms with E-state index < -0.39 is 10.8 Å². The molecule has 1 fully saturated rings. The van der Waals surface area contributed by atoms with E-state index in [0.717, 1.165) is 36.2 Å². The summed E-state index contributed by atoms with van der Waals surface area (Å²) in [5.74, 6) is -1.03. The van der Waals surface area contributed by atoms with Gasteiger partial charge < -0.3 is 15.2 Å². The quantitative estimate of drug-likeness (QED) is 0.133. The minimum Gasteiger partial charge on any atom is -0.345 e. The Balaban J connectivity index is 1.30. The molecule has 212 valence electrons. The number of carbonyl (C=O) groups excluding carboxylic acids is 1. The lowest BCUT2D eigenvalue weighted by atomic mass is 9.89. The highest BCUT2D eigenvalue weighted by molar-refractivity contribution is 6.24. The van der Waals surface area contributed by atoms with Gasteiger partial charge in [0.15, 0.2) is 0 Å². The zero-order chi connectivity index (χ0) is 28.9. The van der Waals surface area contributed by atoms with Crippen molar-refractivity contribution in [3.05, 3.63) is 117 Å². The van der Waals surface area contributed by atoms with E-state index >= 15 is 0 Å². The Kier molecular flexibility index (Phi) is 8.00. The number of amides is 1. The van der Waals surface area contributed by atoms with E-state index in [-0.39, 0.29) is 11.6 Å². The van der Waals surface area contributed by atoms with E-state index in [0.29, 0.717) is 22.6 Å². The Hall–Kier alpha value is -4.89. The van der Waals surface area contributed by atoms with E-state index in [1.165, 1.54) is 43.6 Å². The molecule has 0 aliphatic carbocycles. The number of nitrogens with zero attached hydrogens (tertiary/aromatic N) is 4. The number of benzene rings is 3. The van der Waals surface area contributed by atoms with Crippen LogP contribution in [0.4, 0.5) is 17.1 Å². The lowest BCUT2D eigenvalue weighted by molar-refractivity contribution is -0.384. The van der Waals surface area contributed by atoms with Crippen LogP contribution in [0.1, 0.15) is 53.1 Å². The Morgan fingerprint density at radius 2 is 1.83 bits per heavy atom. The van der Waals surface area contributed by atoms with Crippen LogP contribution in [0.15, 0.2) is 84.2 Å². The summed E-state index contributed by atoms with van der Waals surface area (Å²) in [7, 11) is 0. The van der Waals surface area contributed by atoms with E-state index in [2.05, 4.69) is 32.3 Å². The molecule has 1 aromatic heterocycles. The highest BCUT2D eigenvalue weighted by Gasteiger charge is 2.36. The van der Waals surface area contributed by atoms with Crippen molar-refractivity contribution in [2.75, 3.05) is 25.0 Å². The Morgan fingerprint density at radius 1 is 1.05 bits per heavy atom. The predicted molar refractivity (Wildman–Crippen MR) is 165 cm³/mol. The molecule has 2 aliphatic rings. The SMILES string of the molecule is O=C1Nc2ccc([N+](=O)[O-])cc2C1C(=Nc1ccc(C=Cc2cnc[nH]2)cc1)c1ccc(CCCN2CCCC2)cc1. The van der Waals surface area contributed by atoms with Gasteiger partial charge in [-0.05, 0) is 86.3 Å². The largest absolute Gasteiger partial charge is 0.345 e. The number of nitro groups is 1. The number of likely N-dealkylation sites (tertiary alicyclic amines) is 1. The molecule has 0 bridgehead atoms. The lowest BCUT2D eigenvalue weighted by Gasteiger charge is -2.15. The number of H-pyrrole nitrogens is 1. The van der Waals surface area contributed by atoms with E-state index in [9.17, 15) is 14.9 Å². The first-order valence-electron chi connectivity index (χ1n) is 14.3. The number of aliphatic imine (C=N–C) groups is 1. The summed E-state index contributed by atoms with van der Waals surface area (Å²) >= 11 is 0. The summed E-state index contributed by atoms with van der Waals surface area (Å²) in [5, 5.41) is 14.4. The molecule has 1 unspecified atom stereocenters. The fraction of sp³-hybridized carbons (Fsp3) is 0.242. The summed E-state index contributed by atoms with van der Waals surface area (Å²) in [5.41, 5.74) is 6.24. The van der Waals surface area contributed by atoms with E-state index in [1.807, 2.05) is 48.6 Å². The number of imidazole rings is 1. The van der Waals surface area contributed by atoms with Gasteiger partial charge in [-0.25, -0.2) is 4.98 Å². The third-order valence-corrected chi connectivity index (χ3v) is 7.86. The van der Waals surface area contributed by atoms with Crippen LogP contribution >= 0.6 is 0 Å². The van der Waals surface area contributed by atoms with Gasteiger partial charge in [0.1, 0.15) is 5.92 Å². The maximum Gasteiger partial charge on any atom is 0.269 e. The third kappa shape index (κ3) is 6.21. The number of aromatic nitrogens is 2. The molecule has 0 saturated carbocycles. The van der Waals surface area contributed by atoms with Crippen LogP contribution in [0.3, 0.4) is 0 Å². The summed E-state index contributed by atoms with van der Waals surface area (Å²) in [6.07, 6.45) is 12.0. The molecule has 4 aromatic rings. The summed E-state index contributed by atoms with van der Waals surface area (Å²) < 4.78 is 0. The van der Waals surface area contributed by atoms with Crippen molar-refractivity contribution in [2.24, 2.45) is 4.99 Å². The first-order chi connectivity index (χ1) is 20.5. The number of nitro benzene ring substituents is 1. The zero-order valence-electron chi connectivity index (χ0n) is 23.2. The van der Waals surface area contributed by atoms with Crippen LogP contribution in [-0.4, -0.2) is 51.0 Å². The van der Waals surface area contributed by atoms with Crippen LogP contribution in [0.2, 0.25) is 0 Å². The van der Waals surface area contributed by atoms with Gasteiger partial charge >= 0.3 is 0 Å². The summed E-state index contributed by atoms with van der Waals surface area (Å²) in [6.45, 7) is 3.51. The second-order valence-electron chi connectivity index (χ2n) is 10.7. The molecular formula is C33H32N6O3. The topological polar surface area (TPSA) is 117 Å². The first-order valence-corrected chi connectivity index (χ1v) is 14.3. The van der Waals surface area contributed by atoms with Crippen LogP contribution in [-0.2, 0) is 11.2 Å². The average molecular weight is 561 g/mol. The highest BCUT2D eigenvalue weighted by atomic mass is 16.6. The molecule has 3 aromatic carbocycles. The van der Waals surface area contributed by atoms with Crippen molar-refractivity contribution in [3.63, 3.8) is 0 Å². The maximum atomic E-state index is 13.3. The van der Waals surface area contributed by atoms with Crippen molar-refractivity contribution < 1.29 is 9.72 Å². The van der Waals surface area contributed by atoms with Gasteiger partial charge in [-0.1, -0.05) is 42.5 Å². The maximum absolute atomic E-state index is 13.3. The van der Waals surface area contributed by atoms with Gasteiger partial charge in [-0.15, -0.1) is 0 Å². The van der Waals surface area contributed by atoms with Crippen LogP contribution in [0.5, 0.6) is 0 Å². The predicted octanol–water partition coefficient (Wildman–Crippen LogP) is 6.37. The van der Waals surface area contributed by atoms with Gasteiger partial charge in [-0.3, -0.25) is 19.9 Å². The number of fused-ring (bicyclic) bond motifs is 1. The smallest absolute Gasteiger partial charge is 0.269 e. The number of aryl methyl sites for hydroxylation is 1. The summed E-state index contributed by atoms with van der Waals surface area (Å²) in [6, 6.07) is 20.4. The normalized spacial score (nSPS) is 17.1. The molecule has 0 radical (unpaired) electrons. The molecule has 1 atom stereocenters. The molecule has 1 saturated heterocycles. The molecule has 3 heterocycles. The van der Waals surface area contributed by atoms with Crippen LogP contribution in [0, 0.1) is 10.1 Å². The molecule has 9 nitrogen and oxygen atoms in total. The summed E-state index contributed by atoms with van der Waals surface area (Å²) in [4.78, 5) is 39.0. The lowest BCUT2D eigenvalue weighted by Crippen LogP contribution is -2.22. The second kappa shape index (κ2) is 12.3. The van der Waals surface area contributed by atoms with Crippen molar-refractivity contribution in [1.82, 2.24) is 14.9 Å². The van der Waals surface area contributed by atoms with Crippen molar-refractivity contribution in [3.8, 4) is 0 Å². The molecular weight excluding hydrogens is 528 g/mol. The Morgan fingerprint density at radius 3 is 2.55 bits per heavy atom. The van der Waals surface area contributed by atoms with Crippen molar-refractivity contribution >= 4 is 40.8 Å². The number of rotatable bonds is 10. The zero-order valence-corrected chi connectivity index (χ0v) is 23.2. The minimum absolute atomic E-state index is 0.0589. The molecule has 1 amide bonds. The molecule has 42 heavy (non-hydrogen) atoms. The van der Waals surface area contributed by atoms with Crippen molar-refractivity contribution in [1.29, 1.82) is 0 Å². The number of carbonyl (C=O) groups is 1. The first kappa shape index (κ1) is 27.3. The monoisotopic (exact) mass is 560 g/mol. The van der Waals surface area contributed by atoms with Gasteiger partial charge in [0.25, 0.3) is 5.69 Å². The van der Waals surface area contributed by atoms with Gasteiger partial charge in [0, 0.05) is 23.4 Å². The number of hydrogen-bond donors (Lipinski definition) is 2. The van der Waals surface area contributed by atoms with Gasteiger partial charge in [-0.2, -0.15) is 0 Å². The minimum atomic E-state index is -0.777. The number of hydrogen-bond acceptors (Lipinski definition) is 6. The van der Waals surface area contributed by atoms with Crippen LogP contribution in [0.25, 0.3) is 12.2 Å². The molecule has 2 aliphatic heterocycles. The average Bonchev–Trinajstić information content (AvgIpc) is 3.78. The Labute approximate surface area is 244 Å². The second-order valence-corrected chi connectivity index (χ2v) is 10.7. The standard InChI is InChI=1S/C33H32N6O3/c40-33-31(29-20-28(39(41)42)15-16-30(29)37-33)32(25-10-5-23(6-11-25)4-3-19-38-17-1-2-18-38)36-26-12-7-24(8-13-26)9-14-27-21-34-22-35-27/h5-16,20-22,31H,1-4,17-19H2,(H,34,35)(H,37,40). The highest BCUT2D eigenvalue weighted by Crippen LogP contribution is 2.38. The van der Waals surface area contributed by atoms with Gasteiger partial charge in [0.2, 0.25) is 5.91 Å². The Bertz CT molecular complexity index is 1620. The number of aromatic amines is 1. The van der Waals surface area contributed by atoms with E-state index in [1.54, 1.807) is 18.6 Å². The van der Waals surface area contributed by atoms with E-state index in [4.69, 9.17) is 4.99 Å². The molecule has 0 spiro atoms. The number of anilines is 1. The number of nitrogens with one attached hydrogen (secondary N) is 2. The van der Waals surface area contributed by atoms with Crippen LogP contribution < -0.4 is 5.32 Å². The fourth-order valence-electron chi connectivity index (χ4n) is 5.63. The van der Waals surface area contributed by atoms with Crippen molar-refractivity contribution in [2.45, 2.75) is 31.6 Å². The number of non-ortho nitro benzene ring substituents is 1. The molecule has 6 rings (SSSR count).